The minimum Gasteiger partial charge on any atom is -0.457 e. The van der Waals surface area contributed by atoms with Crippen LogP contribution in [0.1, 0.15) is 53.9 Å². The summed E-state index contributed by atoms with van der Waals surface area (Å²) in [5, 5.41) is 0. The molecular weight excluding hydrogens is 360 g/mol. The van der Waals surface area contributed by atoms with Gasteiger partial charge in [0, 0.05) is 31.7 Å². The monoisotopic (exact) mass is 388 g/mol. The standard InChI is InChI=1S/C21H28N2O5/c1-13-7-17-14(11-27-19(17)24)8-16(13)18-10-22-5-6-23(9-15(22)12-26-18)20(25)28-21(2,3)4/h7-8,15,18H,5-6,9-12H2,1-4H3. The summed E-state index contributed by atoms with van der Waals surface area (Å²) in [7, 11) is 0. The highest BCUT2D eigenvalue weighted by Gasteiger charge is 2.37. The molecule has 3 heterocycles. The Labute approximate surface area is 165 Å². The number of aryl methyl sites for hydroxylation is 1. The lowest BCUT2D eigenvalue weighted by atomic mass is 9.95. The van der Waals surface area contributed by atoms with E-state index in [2.05, 4.69) is 11.0 Å². The van der Waals surface area contributed by atoms with Crippen molar-refractivity contribution in [2.24, 2.45) is 0 Å². The molecule has 0 bridgehead atoms. The molecule has 0 spiro atoms. The number of esters is 1. The summed E-state index contributed by atoms with van der Waals surface area (Å²) in [6, 6.07) is 4.14. The molecule has 7 heteroatoms. The van der Waals surface area contributed by atoms with Crippen molar-refractivity contribution in [3.05, 3.63) is 34.4 Å². The van der Waals surface area contributed by atoms with Gasteiger partial charge in [-0.25, -0.2) is 9.59 Å². The largest absolute Gasteiger partial charge is 0.457 e. The molecule has 2 saturated heterocycles. The predicted octanol–water partition coefficient (Wildman–Crippen LogP) is 2.66. The first kappa shape index (κ1) is 19.2. The second-order valence-electron chi connectivity index (χ2n) is 8.84. The topological polar surface area (TPSA) is 68.3 Å². The van der Waals surface area contributed by atoms with Gasteiger partial charge in [-0.05, 0) is 51.0 Å². The van der Waals surface area contributed by atoms with Gasteiger partial charge in [0.2, 0.25) is 0 Å². The van der Waals surface area contributed by atoms with E-state index in [1.54, 1.807) is 4.90 Å². The van der Waals surface area contributed by atoms with Crippen LogP contribution in [0.4, 0.5) is 4.79 Å². The van der Waals surface area contributed by atoms with Crippen molar-refractivity contribution < 1.29 is 23.8 Å². The lowest BCUT2D eigenvalue weighted by Crippen LogP contribution is -2.60. The fourth-order valence-corrected chi connectivity index (χ4v) is 4.11. The van der Waals surface area contributed by atoms with Gasteiger partial charge >= 0.3 is 12.1 Å². The Bertz CT molecular complexity index is 801. The zero-order valence-corrected chi connectivity index (χ0v) is 17.0. The zero-order valence-electron chi connectivity index (χ0n) is 17.0. The number of piperazine rings is 1. The van der Waals surface area contributed by atoms with Crippen LogP contribution in [-0.2, 0) is 20.8 Å². The molecule has 2 atom stereocenters. The molecular formula is C21H28N2O5. The van der Waals surface area contributed by atoms with Gasteiger partial charge in [0.1, 0.15) is 12.2 Å². The first-order valence-electron chi connectivity index (χ1n) is 9.85. The lowest BCUT2D eigenvalue weighted by molar-refractivity contribution is -0.0908. The summed E-state index contributed by atoms with van der Waals surface area (Å²) < 4.78 is 16.8. The fourth-order valence-electron chi connectivity index (χ4n) is 4.11. The predicted molar refractivity (Wildman–Crippen MR) is 102 cm³/mol. The van der Waals surface area contributed by atoms with Crippen LogP contribution in [0.3, 0.4) is 0 Å². The Morgan fingerprint density at radius 1 is 1.21 bits per heavy atom. The normalized spacial score (nSPS) is 25.1. The minimum atomic E-state index is -0.488. The Kier molecular flexibility index (Phi) is 4.83. The Morgan fingerprint density at radius 3 is 2.75 bits per heavy atom. The average Bonchev–Trinajstić information content (AvgIpc) is 2.99. The Balaban J connectivity index is 1.42. The number of hydrogen-bond acceptors (Lipinski definition) is 6. The highest BCUT2D eigenvalue weighted by Crippen LogP contribution is 2.32. The van der Waals surface area contributed by atoms with E-state index >= 15 is 0 Å². The van der Waals surface area contributed by atoms with Crippen molar-refractivity contribution in [1.82, 2.24) is 9.80 Å². The van der Waals surface area contributed by atoms with Crippen LogP contribution in [0, 0.1) is 6.92 Å². The molecule has 0 aliphatic carbocycles. The maximum atomic E-state index is 12.4. The van der Waals surface area contributed by atoms with Gasteiger partial charge in [-0.1, -0.05) is 0 Å². The summed E-state index contributed by atoms with van der Waals surface area (Å²) in [6.07, 6.45) is -0.293. The number of benzene rings is 1. The van der Waals surface area contributed by atoms with E-state index in [9.17, 15) is 9.59 Å². The molecule has 0 radical (unpaired) electrons. The number of morpholine rings is 1. The molecule has 0 aromatic heterocycles. The summed E-state index contributed by atoms with van der Waals surface area (Å²) in [5.41, 5.74) is 3.28. The number of hydrogen-bond donors (Lipinski definition) is 0. The van der Waals surface area contributed by atoms with Crippen LogP contribution >= 0.6 is 0 Å². The zero-order chi connectivity index (χ0) is 20.1. The maximum Gasteiger partial charge on any atom is 0.410 e. The second-order valence-corrected chi connectivity index (χ2v) is 8.84. The van der Waals surface area contributed by atoms with Gasteiger partial charge in [0.15, 0.2) is 0 Å². The Morgan fingerprint density at radius 2 is 2.00 bits per heavy atom. The molecule has 152 valence electrons. The third kappa shape index (κ3) is 3.73. The molecule has 1 aromatic rings. The second kappa shape index (κ2) is 7.04. The number of nitrogens with zero attached hydrogens (tertiary/aromatic N) is 2. The third-order valence-corrected chi connectivity index (χ3v) is 5.56. The molecule has 28 heavy (non-hydrogen) atoms. The molecule has 2 fully saturated rings. The number of cyclic esters (lactones) is 1. The van der Waals surface area contributed by atoms with Gasteiger partial charge in [0.25, 0.3) is 0 Å². The van der Waals surface area contributed by atoms with Crippen molar-refractivity contribution in [2.75, 3.05) is 32.8 Å². The lowest BCUT2D eigenvalue weighted by Gasteiger charge is -2.46. The van der Waals surface area contributed by atoms with Crippen molar-refractivity contribution in [2.45, 2.75) is 52.0 Å². The first-order chi connectivity index (χ1) is 13.2. The molecule has 4 rings (SSSR count). The number of rotatable bonds is 1. The van der Waals surface area contributed by atoms with Gasteiger partial charge < -0.3 is 19.1 Å². The molecule has 7 nitrogen and oxygen atoms in total. The van der Waals surface area contributed by atoms with Crippen molar-refractivity contribution in [1.29, 1.82) is 0 Å². The van der Waals surface area contributed by atoms with Gasteiger partial charge in [-0.15, -0.1) is 0 Å². The number of carbonyl (C=O) groups is 2. The van der Waals surface area contributed by atoms with Crippen LogP contribution in [0.15, 0.2) is 12.1 Å². The summed E-state index contributed by atoms with van der Waals surface area (Å²) in [6.45, 7) is 11.4. The van der Waals surface area contributed by atoms with E-state index < -0.39 is 5.60 Å². The van der Waals surface area contributed by atoms with Crippen LogP contribution in [-0.4, -0.2) is 66.3 Å². The smallest absolute Gasteiger partial charge is 0.410 e. The summed E-state index contributed by atoms with van der Waals surface area (Å²) >= 11 is 0. The molecule has 3 aliphatic rings. The van der Waals surface area contributed by atoms with Crippen LogP contribution in [0.5, 0.6) is 0 Å². The van der Waals surface area contributed by atoms with E-state index in [0.717, 1.165) is 29.8 Å². The number of ether oxygens (including phenoxy) is 3. The van der Waals surface area contributed by atoms with E-state index in [-0.39, 0.29) is 24.2 Å². The summed E-state index contributed by atoms with van der Waals surface area (Å²) in [4.78, 5) is 28.3. The average molecular weight is 388 g/mol. The van der Waals surface area contributed by atoms with Crippen molar-refractivity contribution in [3.8, 4) is 0 Å². The van der Waals surface area contributed by atoms with E-state index in [0.29, 0.717) is 31.9 Å². The van der Waals surface area contributed by atoms with E-state index in [1.807, 2.05) is 33.8 Å². The van der Waals surface area contributed by atoms with Gasteiger partial charge in [0.05, 0.1) is 24.3 Å². The van der Waals surface area contributed by atoms with Gasteiger partial charge in [-0.2, -0.15) is 0 Å². The summed E-state index contributed by atoms with van der Waals surface area (Å²) in [5.74, 6) is -0.243. The highest BCUT2D eigenvalue weighted by atomic mass is 16.6. The third-order valence-electron chi connectivity index (χ3n) is 5.56. The maximum absolute atomic E-state index is 12.4. The molecule has 1 amide bonds. The van der Waals surface area contributed by atoms with Crippen LogP contribution in [0.2, 0.25) is 0 Å². The molecule has 3 aliphatic heterocycles. The molecule has 0 N–H and O–H groups in total. The minimum absolute atomic E-state index is 0.0367. The molecule has 1 aromatic carbocycles. The van der Waals surface area contributed by atoms with Crippen LogP contribution < -0.4 is 0 Å². The molecule has 2 unspecified atom stereocenters. The first-order valence-corrected chi connectivity index (χ1v) is 9.85. The van der Waals surface area contributed by atoms with Crippen LogP contribution in [0.25, 0.3) is 0 Å². The quantitative estimate of drug-likeness (QED) is 0.689. The highest BCUT2D eigenvalue weighted by molar-refractivity contribution is 5.93. The van der Waals surface area contributed by atoms with E-state index in [4.69, 9.17) is 14.2 Å². The Hall–Kier alpha value is -2.12. The van der Waals surface area contributed by atoms with Crippen molar-refractivity contribution >= 4 is 12.1 Å². The van der Waals surface area contributed by atoms with Gasteiger partial charge in [-0.3, -0.25) is 4.90 Å². The fraction of sp³-hybridized carbons (Fsp3) is 0.619. The SMILES string of the molecule is Cc1cc2c(cc1C1CN3CCN(C(=O)OC(C)(C)C)CC3CO1)COC2=O. The van der Waals surface area contributed by atoms with Crippen molar-refractivity contribution in [3.63, 3.8) is 0 Å². The molecule has 0 saturated carbocycles. The number of carbonyl (C=O) groups excluding carboxylic acids is 2. The van der Waals surface area contributed by atoms with E-state index in [1.165, 1.54) is 0 Å². The number of fused-ring (bicyclic) bond motifs is 2. The number of amides is 1.